The topological polar surface area (TPSA) is 47.1 Å². The lowest BCUT2D eigenvalue weighted by Crippen LogP contribution is -2.49. The first-order valence-electron chi connectivity index (χ1n) is 14.3. The first kappa shape index (κ1) is 28.1. The van der Waals surface area contributed by atoms with Crippen molar-refractivity contribution in [3.63, 3.8) is 0 Å². The van der Waals surface area contributed by atoms with E-state index in [1.807, 2.05) is 107 Å². The van der Waals surface area contributed by atoms with Gasteiger partial charge in [0, 0.05) is 84.9 Å². The number of benzene rings is 4. The van der Waals surface area contributed by atoms with Crippen molar-refractivity contribution in [2.24, 2.45) is 0 Å². The van der Waals surface area contributed by atoms with E-state index in [-0.39, 0.29) is 11.8 Å². The number of hydrogen-bond acceptors (Lipinski definition) is 4. The summed E-state index contributed by atoms with van der Waals surface area (Å²) in [5.41, 5.74) is 4.91. The van der Waals surface area contributed by atoms with Crippen LogP contribution < -0.4 is 9.80 Å². The molecule has 6 rings (SSSR count). The molecule has 42 heavy (non-hydrogen) atoms. The zero-order valence-corrected chi connectivity index (χ0v) is 24.8. The molecule has 0 radical (unpaired) electrons. The summed E-state index contributed by atoms with van der Waals surface area (Å²) < 4.78 is 0. The second kappa shape index (κ2) is 12.5. The van der Waals surface area contributed by atoms with Crippen LogP contribution in [0.25, 0.3) is 11.1 Å². The molecule has 6 nitrogen and oxygen atoms in total. The molecule has 4 aromatic carbocycles. The van der Waals surface area contributed by atoms with E-state index < -0.39 is 0 Å². The highest BCUT2D eigenvalue weighted by Gasteiger charge is 2.28. The van der Waals surface area contributed by atoms with Gasteiger partial charge in [-0.1, -0.05) is 71.7 Å². The predicted octanol–water partition coefficient (Wildman–Crippen LogP) is 6.59. The first-order valence-corrected chi connectivity index (χ1v) is 15.0. The highest BCUT2D eigenvalue weighted by Crippen LogP contribution is 2.30. The van der Waals surface area contributed by atoms with Crippen molar-refractivity contribution in [3.05, 3.63) is 118 Å². The van der Waals surface area contributed by atoms with Gasteiger partial charge in [-0.05, 0) is 59.7 Å². The first-order chi connectivity index (χ1) is 20.5. The Morgan fingerprint density at radius 1 is 0.476 bits per heavy atom. The van der Waals surface area contributed by atoms with Crippen LogP contribution in [0.5, 0.6) is 0 Å². The molecule has 214 valence electrons. The summed E-state index contributed by atoms with van der Waals surface area (Å²) in [7, 11) is 0. The molecule has 0 unspecified atom stereocenters. The smallest absolute Gasteiger partial charge is 0.254 e. The molecule has 2 aliphatic heterocycles. The minimum absolute atomic E-state index is 0.0197. The molecule has 0 N–H and O–H groups in total. The second-order valence-electron chi connectivity index (χ2n) is 10.6. The number of halogens is 2. The van der Waals surface area contributed by atoms with Gasteiger partial charge in [-0.25, -0.2) is 0 Å². The molecule has 2 aliphatic rings. The van der Waals surface area contributed by atoms with Gasteiger partial charge in [0.15, 0.2) is 0 Å². The van der Waals surface area contributed by atoms with Crippen molar-refractivity contribution in [2.45, 2.75) is 0 Å². The van der Waals surface area contributed by atoms with Crippen LogP contribution >= 0.6 is 23.2 Å². The fourth-order valence-corrected chi connectivity index (χ4v) is 6.20. The number of hydrogen-bond donors (Lipinski definition) is 0. The molecule has 2 amide bonds. The molecule has 2 saturated heterocycles. The van der Waals surface area contributed by atoms with Crippen molar-refractivity contribution in [3.8, 4) is 11.1 Å². The van der Waals surface area contributed by atoms with Gasteiger partial charge >= 0.3 is 0 Å². The third-order valence-electron chi connectivity index (χ3n) is 8.09. The van der Waals surface area contributed by atoms with Gasteiger partial charge in [-0.2, -0.15) is 0 Å². The fourth-order valence-electron chi connectivity index (χ4n) is 5.83. The Hall–Kier alpha value is -4.00. The molecule has 2 heterocycles. The van der Waals surface area contributed by atoms with Crippen LogP contribution in [0.1, 0.15) is 20.7 Å². The molecule has 8 heteroatoms. The van der Waals surface area contributed by atoms with Gasteiger partial charge in [0.05, 0.1) is 0 Å². The van der Waals surface area contributed by atoms with Crippen LogP contribution in [0.15, 0.2) is 97.1 Å². The molecule has 0 aliphatic carbocycles. The standard InChI is InChI=1S/C34H32Cl2N4O2/c35-25-7-5-9-27(23-25)37-15-19-39(20-16-37)33(41)31-13-3-1-11-29(31)30-12-2-4-14-32(30)34(42)40-21-17-38(18-22-40)28-10-6-8-26(36)24-28/h1-14,23-24H,15-22H2. The minimum atomic E-state index is -0.0197. The highest BCUT2D eigenvalue weighted by molar-refractivity contribution is 6.31. The zero-order chi connectivity index (χ0) is 29.1. The summed E-state index contributed by atoms with van der Waals surface area (Å²) in [4.78, 5) is 36.0. The van der Waals surface area contributed by atoms with Crippen LogP contribution in [-0.4, -0.2) is 74.0 Å². The van der Waals surface area contributed by atoms with Crippen molar-refractivity contribution >= 4 is 46.4 Å². The molecule has 0 bridgehead atoms. The van der Waals surface area contributed by atoms with Gasteiger partial charge in [0.25, 0.3) is 11.8 Å². The molecule has 4 aromatic rings. The number of amides is 2. The van der Waals surface area contributed by atoms with E-state index in [4.69, 9.17) is 23.2 Å². The van der Waals surface area contributed by atoms with E-state index >= 15 is 0 Å². The molecular formula is C34H32Cl2N4O2. The molecule has 0 aromatic heterocycles. The highest BCUT2D eigenvalue weighted by atomic mass is 35.5. The van der Waals surface area contributed by atoms with Crippen molar-refractivity contribution in [1.29, 1.82) is 0 Å². The fraction of sp³-hybridized carbons (Fsp3) is 0.235. The Morgan fingerprint density at radius 3 is 1.24 bits per heavy atom. The van der Waals surface area contributed by atoms with Crippen molar-refractivity contribution in [1.82, 2.24) is 9.80 Å². The molecule has 0 atom stereocenters. The summed E-state index contributed by atoms with van der Waals surface area (Å²) in [5.74, 6) is -0.0394. The largest absolute Gasteiger partial charge is 0.368 e. The lowest BCUT2D eigenvalue weighted by Gasteiger charge is -2.37. The maximum absolute atomic E-state index is 13.8. The van der Waals surface area contributed by atoms with Crippen LogP contribution in [-0.2, 0) is 0 Å². The summed E-state index contributed by atoms with van der Waals surface area (Å²) >= 11 is 12.4. The zero-order valence-electron chi connectivity index (χ0n) is 23.3. The third-order valence-corrected chi connectivity index (χ3v) is 8.56. The Balaban J connectivity index is 1.18. The molecular weight excluding hydrogens is 567 g/mol. The lowest BCUT2D eigenvalue weighted by atomic mass is 9.93. The Bertz CT molecular complexity index is 1470. The Morgan fingerprint density at radius 2 is 0.857 bits per heavy atom. The minimum Gasteiger partial charge on any atom is -0.368 e. The van der Waals surface area contributed by atoms with Crippen molar-refractivity contribution < 1.29 is 9.59 Å². The van der Waals surface area contributed by atoms with Crippen LogP contribution in [0.4, 0.5) is 11.4 Å². The van der Waals surface area contributed by atoms with Crippen LogP contribution in [0.2, 0.25) is 10.0 Å². The predicted molar refractivity (Wildman–Crippen MR) is 171 cm³/mol. The normalized spacial score (nSPS) is 15.6. The number of piperazine rings is 2. The van der Waals surface area contributed by atoms with E-state index in [2.05, 4.69) is 9.80 Å². The maximum atomic E-state index is 13.8. The monoisotopic (exact) mass is 598 g/mol. The molecule has 0 spiro atoms. The Kier molecular flexibility index (Phi) is 8.36. The number of carbonyl (C=O) groups is 2. The van der Waals surface area contributed by atoms with E-state index in [9.17, 15) is 9.59 Å². The van der Waals surface area contributed by atoms with Gasteiger partial charge < -0.3 is 19.6 Å². The third kappa shape index (κ3) is 5.96. The SMILES string of the molecule is O=C(c1ccccc1-c1ccccc1C(=O)N1CCN(c2cccc(Cl)c2)CC1)N1CCN(c2cccc(Cl)c2)CC1. The van der Waals surface area contributed by atoms with Gasteiger partial charge in [-0.15, -0.1) is 0 Å². The van der Waals surface area contributed by atoms with E-state index in [1.54, 1.807) is 0 Å². The number of rotatable bonds is 5. The summed E-state index contributed by atoms with van der Waals surface area (Å²) in [6.45, 7) is 5.34. The summed E-state index contributed by atoms with van der Waals surface area (Å²) in [6.07, 6.45) is 0. The summed E-state index contributed by atoms with van der Waals surface area (Å²) in [6, 6.07) is 30.9. The number of nitrogens with zero attached hydrogens (tertiary/aromatic N) is 4. The number of carbonyl (C=O) groups excluding carboxylic acids is 2. The van der Waals surface area contributed by atoms with Crippen LogP contribution in [0.3, 0.4) is 0 Å². The Labute approximate surface area is 256 Å². The average molecular weight is 600 g/mol. The van der Waals surface area contributed by atoms with Gasteiger partial charge in [0.2, 0.25) is 0 Å². The van der Waals surface area contributed by atoms with Gasteiger partial charge in [-0.3, -0.25) is 9.59 Å². The van der Waals surface area contributed by atoms with Crippen LogP contribution in [0, 0.1) is 0 Å². The maximum Gasteiger partial charge on any atom is 0.254 e. The van der Waals surface area contributed by atoms with E-state index in [0.717, 1.165) is 48.7 Å². The van der Waals surface area contributed by atoms with E-state index in [0.29, 0.717) is 47.4 Å². The average Bonchev–Trinajstić information content (AvgIpc) is 3.04. The van der Waals surface area contributed by atoms with E-state index in [1.165, 1.54) is 0 Å². The molecule has 0 saturated carbocycles. The number of anilines is 2. The lowest BCUT2D eigenvalue weighted by molar-refractivity contribution is 0.0737. The molecule has 2 fully saturated rings. The van der Waals surface area contributed by atoms with Crippen molar-refractivity contribution in [2.75, 3.05) is 62.2 Å². The second-order valence-corrected chi connectivity index (χ2v) is 11.5. The van der Waals surface area contributed by atoms with Gasteiger partial charge in [0.1, 0.15) is 0 Å². The quantitative estimate of drug-likeness (QED) is 0.260. The summed E-state index contributed by atoms with van der Waals surface area (Å²) in [5, 5.41) is 1.41.